The SMILES string of the molecule is N#CCCN(Cc1cccc(NN)n1)C1CC1. The van der Waals surface area contributed by atoms with Gasteiger partial charge in [0.25, 0.3) is 0 Å². The molecule has 1 aliphatic rings. The maximum Gasteiger partial charge on any atom is 0.140 e. The lowest BCUT2D eigenvalue weighted by molar-refractivity contribution is 0.258. The van der Waals surface area contributed by atoms with Gasteiger partial charge in [-0.05, 0) is 25.0 Å². The van der Waals surface area contributed by atoms with E-state index in [9.17, 15) is 0 Å². The maximum absolute atomic E-state index is 8.65. The van der Waals surface area contributed by atoms with Crippen molar-refractivity contribution in [2.24, 2.45) is 5.84 Å². The van der Waals surface area contributed by atoms with Gasteiger partial charge < -0.3 is 5.43 Å². The summed E-state index contributed by atoms with van der Waals surface area (Å²) < 4.78 is 0. The molecule has 0 atom stereocenters. The molecule has 0 amide bonds. The predicted octanol–water partition coefficient (Wildman–Crippen LogP) is 1.25. The molecule has 0 bridgehead atoms. The summed E-state index contributed by atoms with van der Waals surface area (Å²) in [7, 11) is 0. The smallest absolute Gasteiger partial charge is 0.140 e. The zero-order chi connectivity index (χ0) is 12.1. The molecule has 0 radical (unpaired) electrons. The number of nitriles is 1. The van der Waals surface area contributed by atoms with E-state index in [4.69, 9.17) is 11.1 Å². The Labute approximate surface area is 101 Å². The second kappa shape index (κ2) is 5.62. The molecule has 1 aromatic heterocycles. The van der Waals surface area contributed by atoms with Crippen LogP contribution in [0.2, 0.25) is 0 Å². The van der Waals surface area contributed by atoms with Crippen LogP contribution in [0.5, 0.6) is 0 Å². The average Bonchev–Trinajstić information content (AvgIpc) is 3.19. The van der Waals surface area contributed by atoms with Crippen molar-refractivity contribution < 1.29 is 0 Å². The number of pyridine rings is 1. The van der Waals surface area contributed by atoms with Crippen LogP contribution in [-0.4, -0.2) is 22.5 Å². The van der Waals surface area contributed by atoms with Crippen LogP contribution in [0.15, 0.2) is 18.2 Å². The van der Waals surface area contributed by atoms with Crippen LogP contribution in [0, 0.1) is 11.3 Å². The van der Waals surface area contributed by atoms with Gasteiger partial charge in [0.2, 0.25) is 0 Å². The van der Waals surface area contributed by atoms with E-state index in [-0.39, 0.29) is 0 Å². The van der Waals surface area contributed by atoms with E-state index < -0.39 is 0 Å². The first-order valence-electron chi connectivity index (χ1n) is 5.87. The second-order valence-corrected chi connectivity index (χ2v) is 4.27. The highest BCUT2D eigenvalue weighted by atomic mass is 15.3. The molecule has 1 aliphatic carbocycles. The number of rotatable bonds is 6. The molecule has 3 N–H and O–H groups in total. The van der Waals surface area contributed by atoms with Gasteiger partial charge in [-0.2, -0.15) is 5.26 Å². The van der Waals surface area contributed by atoms with E-state index in [2.05, 4.69) is 21.4 Å². The number of nitrogens with zero attached hydrogens (tertiary/aromatic N) is 3. The highest BCUT2D eigenvalue weighted by Crippen LogP contribution is 2.28. The van der Waals surface area contributed by atoms with Crippen molar-refractivity contribution in [2.45, 2.75) is 31.8 Å². The van der Waals surface area contributed by atoms with Gasteiger partial charge in [0.05, 0.1) is 11.8 Å². The fourth-order valence-corrected chi connectivity index (χ4v) is 1.88. The van der Waals surface area contributed by atoms with Crippen molar-refractivity contribution in [3.63, 3.8) is 0 Å². The maximum atomic E-state index is 8.65. The Kier molecular flexibility index (Phi) is 3.91. The first-order valence-corrected chi connectivity index (χ1v) is 5.87. The van der Waals surface area contributed by atoms with Crippen LogP contribution >= 0.6 is 0 Å². The minimum atomic E-state index is 0.575. The topological polar surface area (TPSA) is 78.0 Å². The third-order valence-corrected chi connectivity index (χ3v) is 2.89. The van der Waals surface area contributed by atoms with Gasteiger partial charge in [-0.25, -0.2) is 10.8 Å². The number of hydrazine groups is 1. The molecule has 0 saturated heterocycles. The van der Waals surface area contributed by atoms with Crippen LogP contribution in [0.4, 0.5) is 5.82 Å². The zero-order valence-electron chi connectivity index (χ0n) is 9.76. The minimum absolute atomic E-state index is 0.575. The Morgan fingerprint density at radius 3 is 3.00 bits per heavy atom. The number of hydrogen-bond donors (Lipinski definition) is 2. The fourth-order valence-electron chi connectivity index (χ4n) is 1.88. The summed E-state index contributed by atoms with van der Waals surface area (Å²) in [5, 5.41) is 8.65. The van der Waals surface area contributed by atoms with Gasteiger partial charge in [-0.1, -0.05) is 6.07 Å². The van der Waals surface area contributed by atoms with Crippen LogP contribution in [0.3, 0.4) is 0 Å². The molecule has 90 valence electrons. The summed E-state index contributed by atoms with van der Waals surface area (Å²) in [6.07, 6.45) is 3.05. The van der Waals surface area contributed by atoms with E-state index in [0.717, 1.165) is 18.8 Å². The van der Waals surface area contributed by atoms with Gasteiger partial charge in [-0.15, -0.1) is 0 Å². The lowest BCUT2D eigenvalue weighted by Gasteiger charge is -2.20. The van der Waals surface area contributed by atoms with Crippen molar-refractivity contribution in [1.29, 1.82) is 5.26 Å². The molecule has 1 heterocycles. The lowest BCUT2D eigenvalue weighted by atomic mass is 10.3. The molecule has 5 heteroatoms. The molecule has 5 nitrogen and oxygen atoms in total. The Balaban J connectivity index is 1.98. The van der Waals surface area contributed by atoms with Gasteiger partial charge in [0.1, 0.15) is 5.82 Å². The standard InChI is InChI=1S/C12H17N5/c13-7-2-8-17(11-5-6-11)9-10-3-1-4-12(15-10)16-14/h1,3-4,11H,2,5-6,8-9,14H2,(H,15,16). The zero-order valence-corrected chi connectivity index (χ0v) is 9.76. The van der Waals surface area contributed by atoms with Gasteiger partial charge in [0.15, 0.2) is 0 Å². The van der Waals surface area contributed by atoms with Gasteiger partial charge in [-0.3, -0.25) is 4.90 Å². The molecule has 2 rings (SSSR count). The molecule has 17 heavy (non-hydrogen) atoms. The number of nitrogens with one attached hydrogen (secondary N) is 1. The monoisotopic (exact) mass is 231 g/mol. The lowest BCUT2D eigenvalue weighted by Crippen LogP contribution is -2.27. The summed E-state index contributed by atoms with van der Waals surface area (Å²) in [6, 6.07) is 8.59. The number of aromatic nitrogens is 1. The van der Waals surface area contributed by atoms with Crippen molar-refractivity contribution in [1.82, 2.24) is 9.88 Å². The third-order valence-electron chi connectivity index (χ3n) is 2.89. The number of hydrogen-bond acceptors (Lipinski definition) is 5. The summed E-state index contributed by atoms with van der Waals surface area (Å²) in [6.45, 7) is 1.62. The van der Waals surface area contributed by atoms with E-state index in [1.54, 1.807) is 0 Å². The summed E-state index contributed by atoms with van der Waals surface area (Å²) >= 11 is 0. The fraction of sp³-hybridized carbons (Fsp3) is 0.500. The van der Waals surface area contributed by atoms with E-state index in [1.165, 1.54) is 12.8 Å². The highest BCUT2D eigenvalue weighted by Gasteiger charge is 2.28. The van der Waals surface area contributed by atoms with Gasteiger partial charge >= 0.3 is 0 Å². The third kappa shape index (κ3) is 3.41. The largest absolute Gasteiger partial charge is 0.308 e. The summed E-state index contributed by atoms with van der Waals surface area (Å²) in [5.41, 5.74) is 3.54. The molecular formula is C12H17N5. The molecule has 0 unspecified atom stereocenters. The first kappa shape index (κ1) is 11.8. The van der Waals surface area contributed by atoms with Crippen molar-refractivity contribution >= 4 is 5.82 Å². The number of anilines is 1. The molecule has 1 fully saturated rings. The number of nitrogen functional groups attached to an aromatic ring is 1. The van der Waals surface area contributed by atoms with Crippen molar-refractivity contribution in [3.8, 4) is 6.07 Å². The minimum Gasteiger partial charge on any atom is -0.308 e. The first-order chi connectivity index (χ1) is 8.33. The van der Waals surface area contributed by atoms with E-state index in [1.807, 2.05) is 18.2 Å². The normalized spacial score (nSPS) is 14.6. The molecule has 0 aliphatic heterocycles. The molecule has 1 aromatic rings. The van der Waals surface area contributed by atoms with Crippen molar-refractivity contribution in [2.75, 3.05) is 12.0 Å². The average molecular weight is 231 g/mol. The van der Waals surface area contributed by atoms with Crippen LogP contribution in [0.25, 0.3) is 0 Å². The van der Waals surface area contributed by atoms with Gasteiger partial charge in [0, 0.05) is 25.6 Å². The Morgan fingerprint density at radius 1 is 1.53 bits per heavy atom. The second-order valence-electron chi connectivity index (χ2n) is 4.27. The Bertz CT molecular complexity index is 408. The van der Waals surface area contributed by atoms with Crippen molar-refractivity contribution in [3.05, 3.63) is 23.9 Å². The van der Waals surface area contributed by atoms with Crippen LogP contribution in [-0.2, 0) is 6.54 Å². The molecule has 0 spiro atoms. The highest BCUT2D eigenvalue weighted by molar-refractivity contribution is 5.33. The quantitative estimate of drug-likeness (QED) is 0.569. The van der Waals surface area contributed by atoms with Crippen LogP contribution in [0.1, 0.15) is 25.0 Å². The molecule has 1 saturated carbocycles. The predicted molar refractivity (Wildman–Crippen MR) is 65.7 cm³/mol. The van der Waals surface area contributed by atoms with Crippen LogP contribution < -0.4 is 11.3 Å². The Morgan fingerprint density at radius 2 is 2.35 bits per heavy atom. The van der Waals surface area contributed by atoms with E-state index >= 15 is 0 Å². The molecular weight excluding hydrogens is 214 g/mol. The molecule has 0 aromatic carbocycles. The number of nitrogens with two attached hydrogens (primary N) is 1. The van der Waals surface area contributed by atoms with E-state index in [0.29, 0.717) is 18.3 Å². The summed E-state index contributed by atoms with van der Waals surface area (Å²) in [4.78, 5) is 6.71. The Hall–Kier alpha value is -1.64. The summed E-state index contributed by atoms with van der Waals surface area (Å²) in [5.74, 6) is 6.01.